The Morgan fingerprint density at radius 2 is 1.58 bits per heavy atom. The predicted molar refractivity (Wildman–Crippen MR) is 86.6 cm³/mol. The summed E-state index contributed by atoms with van der Waals surface area (Å²) in [6.45, 7) is 4.57. The molecular formula is C14H30O9P+. The van der Waals surface area contributed by atoms with E-state index in [1.807, 2.05) is 6.92 Å². The molecule has 0 amide bonds. The zero-order chi connectivity index (χ0) is 18.7. The second-order valence-corrected chi connectivity index (χ2v) is 6.07. The summed E-state index contributed by atoms with van der Waals surface area (Å²) >= 11 is 0. The number of ether oxygens (including phenoxy) is 2. The molecule has 5 atom stereocenters. The molecule has 0 saturated carbocycles. The Kier molecular flexibility index (Phi) is 12.3. The van der Waals surface area contributed by atoms with Gasteiger partial charge in [0.25, 0.3) is 0 Å². The molecule has 10 heteroatoms. The van der Waals surface area contributed by atoms with Gasteiger partial charge in [-0.05, 0) is 12.8 Å². The lowest BCUT2D eigenvalue weighted by molar-refractivity contribution is -0.142. The molecule has 0 aromatic heterocycles. The number of aliphatic hydroxyl groups excluding tert-OH is 2. The van der Waals surface area contributed by atoms with E-state index in [4.69, 9.17) is 39.1 Å². The van der Waals surface area contributed by atoms with Crippen LogP contribution in [0.25, 0.3) is 0 Å². The summed E-state index contributed by atoms with van der Waals surface area (Å²) in [5, 5.41) is 26.9. The van der Waals surface area contributed by atoms with E-state index in [-0.39, 0.29) is 32.8 Å². The first kappa shape index (κ1) is 23.3. The quantitative estimate of drug-likeness (QED) is 0.437. The Labute approximate surface area is 143 Å². The molecule has 0 spiro atoms. The number of aliphatic carboxylic acids is 1. The van der Waals surface area contributed by atoms with Crippen molar-refractivity contribution in [3.63, 3.8) is 0 Å². The van der Waals surface area contributed by atoms with Gasteiger partial charge < -0.3 is 24.8 Å². The third-order valence-corrected chi connectivity index (χ3v) is 3.75. The fourth-order valence-electron chi connectivity index (χ4n) is 2.41. The van der Waals surface area contributed by atoms with Crippen LogP contribution in [0.2, 0.25) is 0 Å². The van der Waals surface area contributed by atoms with Crippen molar-refractivity contribution in [1.29, 1.82) is 0 Å². The van der Waals surface area contributed by atoms with Gasteiger partial charge in [-0.1, -0.05) is 26.7 Å². The van der Waals surface area contributed by atoms with Crippen LogP contribution in [0.4, 0.5) is 0 Å². The number of carboxylic acid groups (broad SMARTS) is 1. The fraction of sp³-hybridized carbons (Fsp3) is 0.929. The second kappa shape index (κ2) is 12.7. The molecular weight excluding hydrogens is 343 g/mol. The Hall–Kier alpha value is -0.670. The molecule has 2 saturated heterocycles. The van der Waals surface area contributed by atoms with Crippen molar-refractivity contribution < 1.29 is 45.4 Å². The molecule has 2 fully saturated rings. The average molecular weight is 373 g/mol. The van der Waals surface area contributed by atoms with Crippen molar-refractivity contribution in [3.05, 3.63) is 0 Å². The SMILES string of the molecule is CCCCC(CC)C(=O)O.O=[P+](O)O.O[C@@H]1CO[C@H]2[C@@H]1OC[C@@H]2O.[HH]. The summed E-state index contributed by atoms with van der Waals surface area (Å²) in [4.78, 5) is 24.7. The van der Waals surface area contributed by atoms with Crippen LogP contribution in [0.15, 0.2) is 0 Å². The molecule has 2 aliphatic rings. The van der Waals surface area contributed by atoms with Crippen molar-refractivity contribution in [2.75, 3.05) is 13.2 Å². The molecule has 0 aromatic rings. The van der Waals surface area contributed by atoms with Crippen LogP contribution in [0.1, 0.15) is 41.0 Å². The van der Waals surface area contributed by atoms with Crippen LogP contribution in [0, 0.1) is 5.92 Å². The Bertz CT molecular complexity index is 365. The molecule has 0 aromatic carbocycles. The van der Waals surface area contributed by atoms with Crippen molar-refractivity contribution >= 4 is 14.2 Å². The van der Waals surface area contributed by atoms with Crippen LogP contribution in [0.3, 0.4) is 0 Å². The smallest absolute Gasteiger partial charge is 0.481 e. The number of carbonyl (C=O) groups is 1. The van der Waals surface area contributed by atoms with Gasteiger partial charge in [-0.2, -0.15) is 0 Å². The second-order valence-electron chi connectivity index (χ2n) is 5.57. The van der Waals surface area contributed by atoms with Gasteiger partial charge in [-0.15, -0.1) is 9.79 Å². The molecule has 2 rings (SSSR count). The predicted octanol–water partition coefficient (Wildman–Crippen LogP) is 0.668. The minimum absolute atomic E-state index is 0. The van der Waals surface area contributed by atoms with Crippen molar-refractivity contribution in [1.82, 2.24) is 0 Å². The Balaban J connectivity index is 0. The number of hydrogen-bond donors (Lipinski definition) is 5. The number of rotatable bonds is 5. The third kappa shape index (κ3) is 8.98. The highest BCUT2D eigenvalue weighted by Gasteiger charge is 2.46. The van der Waals surface area contributed by atoms with E-state index < -0.39 is 26.4 Å². The largest absolute Gasteiger partial charge is 0.692 e. The summed E-state index contributed by atoms with van der Waals surface area (Å²) in [6, 6.07) is 0. The number of hydrogen-bond acceptors (Lipinski definition) is 6. The van der Waals surface area contributed by atoms with Gasteiger partial charge in [-0.25, -0.2) is 0 Å². The molecule has 2 aliphatic heterocycles. The zero-order valence-corrected chi connectivity index (χ0v) is 14.8. The van der Waals surface area contributed by atoms with Gasteiger partial charge in [0.15, 0.2) is 0 Å². The summed E-state index contributed by atoms with van der Waals surface area (Å²) in [5.41, 5.74) is 0. The minimum Gasteiger partial charge on any atom is -0.481 e. The maximum atomic E-state index is 10.4. The first-order chi connectivity index (χ1) is 11.2. The molecule has 5 N–H and O–H groups in total. The van der Waals surface area contributed by atoms with Crippen molar-refractivity contribution in [3.8, 4) is 0 Å². The summed E-state index contributed by atoms with van der Waals surface area (Å²) in [7, 11) is -2.87. The van der Waals surface area contributed by atoms with Gasteiger partial charge in [0.2, 0.25) is 0 Å². The van der Waals surface area contributed by atoms with E-state index >= 15 is 0 Å². The van der Waals surface area contributed by atoms with E-state index in [2.05, 4.69) is 6.92 Å². The number of aliphatic hydroxyl groups is 2. The van der Waals surface area contributed by atoms with Crippen molar-refractivity contribution in [2.24, 2.45) is 5.92 Å². The highest BCUT2D eigenvalue weighted by molar-refractivity contribution is 7.30. The standard InChI is InChI=1S/C8H16O2.C6H10O4.HO3P.H2/c1-3-5-6-7(4-2)8(9)10;7-3-1-9-6-4(8)2-10-5(3)6;1-4(2)3;/h7H,3-6H2,1-2H3,(H,9,10);3-8H,1-2H2;(H-,1,2,3);1H/p+1/t;3-,4+,5-,6-;;/m.1../s1. The number of unbranched alkanes of at least 4 members (excludes halogenated alkanes) is 1. The summed E-state index contributed by atoms with van der Waals surface area (Å²) < 4.78 is 18.9. The third-order valence-electron chi connectivity index (χ3n) is 3.75. The molecule has 2 heterocycles. The number of carboxylic acids is 1. The Morgan fingerprint density at radius 1 is 1.17 bits per heavy atom. The monoisotopic (exact) mass is 373 g/mol. The molecule has 9 nitrogen and oxygen atoms in total. The van der Waals surface area contributed by atoms with Crippen LogP contribution < -0.4 is 0 Å². The van der Waals surface area contributed by atoms with Crippen LogP contribution in [0.5, 0.6) is 0 Å². The van der Waals surface area contributed by atoms with E-state index in [9.17, 15) is 4.79 Å². The van der Waals surface area contributed by atoms with Gasteiger partial charge in [0, 0.05) is 5.99 Å². The van der Waals surface area contributed by atoms with E-state index in [0.717, 1.165) is 25.7 Å². The molecule has 0 aliphatic carbocycles. The normalized spacial score (nSPS) is 28.8. The Morgan fingerprint density at radius 3 is 1.88 bits per heavy atom. The first-order valence-corrected chi connectivity index (χ1v) is 9.08. The maximum Gasteiger partial charge on any atom is 0.692 e. The molecule has 144 valence electrons. The molecule has 0 bridgehead atoms. The topological polar surface area (TPSA) is 154 Å². The highest BCUT2D eigenvalue weighted by atomic mass is 31.1. The van der Waals surface area contributed by atoms with E-state index in [0.29, 0.717) is 0 Å². The van der Waals surface area contributed by atoms with Crippen LogP contribution >= 0.6 is 8.25 Å². The van der Waals surface area contributed by atoms with E-state index in [1.165, 1.54) is 0 Å². The van der Waals surface area contributed by atoms with Crippen LogP contribution in [-0.4, -0.2) is 68.7 Å². The fourth-order valence-corrected chi connectivity index (χ4v) is 2.41. The highest BCUT2D eigenvalue weighted by Crippen LogP contribution is 2.26. The van der Waals surface area contributed by atoms with E-state index in [1.54, 1.807) is 0 Å². The first-order valence-electron chi connectivity index (χ1n) is 7.91. The lowest BCUT2D eigenvalue weighted by Crippen LogP contribution is -2.30. The number of fused-ring (bicyclic) bond motifs is 1. The lowest BCUT2D eigenvalue weighted by atomic mass is 10.00. The van der Waals surface area contributed by atoms with Crippen LogP contribution in [-0.2, 0) is 18.8 Å². The zero-order valence-electron chi connectivity index (χ0n) is 13.9. The molecule has 24 heavy (non-hydrogen) atoms. The van der Waals surface area contributed by atoms with Gasteiger partial charge in [0.1, 0.15) is 24.4 Å². The van der Waals surface area contributed by atoms with Gasteiger partial charge in [-0.3, -0.25) is 4.79 Å². The minimum atomic E-state index is -2.87. The maximum absolute atomic E-state index is 10.4. The molecule has 1 unspecified atom stereocenters. The van der Waals surface area contributed by atoms with Gasteiger partial charge >= 0.3 is 14.2 Å². The summed E-state index contributed by atoms with van der Waals surface area (Å²) in [5.74, 6) is -0.754. The van der Waals surface area contributed by atoms with Gasteiger partial charge in [0.05, 0.1) is 19.1 Å². The summed E-state index contributed by atoms with van der Waals surface area (Å²) in [6.07, 6.45) is 2.01. The van der Waals surface area contributed by atoms with Crippen molar-refractivity contribution in [2.45, 2.75) is 63.9 Å². The average Bonchev–Trinajstić information content (AvgIpc) is 3.04. The molecule has 0 radical (unpaired) electrons. The lowest BCUT2D eigenvalue weighted by Gasteiger charge is -2.09.